The molecule has 0 saturated carbocycles. The number of carbonyl (C=O) groups excluding carboxylic acids is 3. The van der Waals surface area contributed by atoms with E-state index < -0.39 is 28.0 Å². The molecular weight excluding hydrogens is 531 g/mol. The van der Waals surface area contributed by atoms with E-state index in [0.717, 1.165) is 4.90 Å². The second-order valence-corrected chi connectivity index (χ2v) is 9.68. The molecule has 0 atom stereocenters. The average molecular weight is 547 g/mol. The van der Waals surface area contributed by atoms with Crippen LogP contribution in [-0.2, 0) is 19.7 Å². The van der Waals surface area contributed by atoms with E-state index in [1.54, 1.807) is 18.2 Å². The molecule has 0 bridgehead atoms. The number of amides is 4. The fourth-order valence-electron chi connectivity index (χ4n) is 3.28. The van der Waals surface area contributed by atoms with Gasteiger partial charge in [-0.2, -0.15) is 8.42 Å². The Bertz CT molecular complexity index is 1520. The summed E-state index contributed by atoms with van der Waals surface area (Å²) < 4.78 is 35.6. The second kappa shape index (κ2) is 10.0. The molecule has 36 heavy (non-hydrogen) atoms. The maximum atomic E-state index is 13.1. The predicted molar refractivity (Wildman–Crippen MR) is 133 cm³/mol. The molecular formula is C24H16Cl2N2O7S. The lowest BCUT2D eigenvalue weighted by molar-refractivity contribution is -0.122. The number of methoxy groups -OCH3 is 1. The van der Waals surface area contributed by atoms with E-state index in [1.807, 2.05) is 0 Å². The molecule has 0 unspecified atom stereocenters. The van der Waals surface area contributed by atoms with Crippen molar-refractivity contribution in [1.82, 2.24) is 5.32 Å². The molecule has 0 radical (unpaired) electrons. The molecule has 184 valence electrons. The minimum absolute atomic E-state index is 0.0324. The van der Waals surface area contributed by atoms with Gasteiger partial charge in [-0.15, -0.1) is 0 Å². The van der Waals surface area contributed by atoms with Gasteiger partial charge in [0.05, 0.1) is 22.8 Å². The molecule has 4 amide bonds. The summed E-state index contributed by atoms with van der Waals surface area (Å²) in [4.78, 5) is 38.6. The van der Waals surface area contributed by atoms with Gasteiger partial charge in [-0.3, -0.25) is 14.9 Å². The molecule has 0 aromatic heterocycles. The lowest BCUT2D eigenvalue weighted by Gasteiger charge is -2.26. The van der Waals surface area contributed by atoms with Gasteiger partial charge in [0, 0.05) is 0 Å². The van der Waals surface area contributed by atoms with Crippen LogP contribution in [0.5, 0.6) is 11.5 Å². The fourth-order valence-corrected chi connectivity index (χ4v) is 4.53. The maximum Gasteiger partial charge on any atom is 0.339 e. The maximum absolute atomic E-state index is 13.1. The van der Waals surface area contributed by atoms with Crippen LogP contribution in [0.1, 0.15) is 5.56 Å². The molecule has 4 rings (SSSR count). The van der Waals surface area contributed by atoms with Crippen LogP contribution in [0.15, 0.2) is 77.2 Å². The van der Waals surface area contributed by atoms with Crippen molar-refractivity contribution in [3.05, 3.63) is 87.9 Å². The summed E-state index contributed by atoms with van der Waals surface area (Å²) in [5, 5.41) is 2.44. The first-order chi connectivity index (χ1) is 17.1. The third-order valence-corrected chi connectivity index (χ3v) is 6.98. The second-order valence-electron chi connectivity index (χ2n) is 7.32. The largest absolute Gasteiger partial charge is 0.493 e. The minimum atomic E-state index is -4.13. The quantitative estimate of drug-likeness (QED) is 0.275. The third kappa shape index (κ3) is 5.06. The van der Waals surface area contributed by atoms with Crippen LogP contribution in [0.2, 0.25) is 10.0 Å². The Hall–Kier alpha value is -3.86. The highest BCUT2D eigenvalue weighted by Crippen LogP contribution is 2.33. The first-order valence-corrected chi connectivity index (χ1v) is 12.3. The Morgan fingerprint density at radius 1 is 0.889 bits per heavy atom. The Labute approximate surface area is 216 Å². The Morgan fingerprint density at radius 3 is 2.28 bits per heavy atom. The number of anilines is 1. The van der Waals surface area contributed by atoms with E-state index in [0.29, 0.717) is 5.56 Å². The number of rotatable bonds is 6. The van der Waals surface area contributed by atoms with Gasteiger partial charge >= 0.3 is 16.1 Å². The summed E-state index contributed by atoms with van der Waals surface area (Å²) >= 11 is 11.9. The lowest BCUT2D eigenvalue weighted by atomic mass is 10.1. The number of halogens is 2. The number of carbonyl (C=O) groups is 3. The smallest absolute Gasteiger partial charge is 0.339 e. The molecule has 1 N–H and O–H groups in total. The van der Waals surface area contributed by atoms with Crippen molar-refractivity contribution in [2.24, 2.45) is 0 Å². The van der Waals surface area contributed by atoms with E-state index in [4.69, 9.17) is 32.1 Å². The van der Waals surface area contributed by atoms with E-state index >= 15 is 0 Å². The van der Waals surface area contributed by atoms with Crippen molar-refractivity contribution in [1.29, 1.82) is 0 Å². The summed E-state index contributed by atoms with van der Waals surface area (Å²) in [7, 11) is -2.83. The van der Waals surface area contributed by atoms with Gasteiger partial charge in [-0.05, 0) is 54.1 Å². The van der Waals surface area contributed by atoms with E-state index in [1.165, 1.54) is 61.7 Å². The number of nitrogens with zero attached hydrogens (tertiary/aromatic N) is 1. The van der Waals surface area contributed by atoms with Crippen LogP contribution in [0.3, 0.4) is 0 Å². The van der Waals surface area contributed by atoms with Crippen molar-refractivity contribution in [3.63, 3.8) is 0 Å². The van der Waals surface area contributed by atoms with Crippen molar-refractivity contribution in [2.75, 3.05) is 12.0 Å². The van der Waals surface area contributed by atoms with Gasteiger partial charge in [0.1, 0.15) is 10.5 Å². The fraction of sp³-hybridized carbons (Fsp3) is 0.0417. The van der Waals surface area contributed by atoms with Crippen LogP contribution in [0, 0.1) is 0 Å². The van der Waals surface area contributed by atoms with Gasteiger partial charge in [-0.1, -0.05) is 47.5 Å². The van der Waals surface area contributed by atoms with Crippen LogP contribution in [0.25, 0.3) is 6.08 Å². The summed E-state index contributed by atoms with van der Waals surface area (Å²) in [5.74, 6) is -1.87. The number of hydrogen-bond donors (Lipinski definition) is 1. The molecule has 1 saturated heterocycles. The molecule has 3 aromatic carbocycles. The highest BCUT2D eigenvalue weighted by molar-refractivity contribution is 7.87. The number of urea groups is 1. The van der Waals surface area contributed by atoms with E-state index in [-0.39, 0.29) is 37.7 Å². The lowest BCUT2D eigenvalue weighted by Crippen LogP contribution is -2.54. The summed E-state index contributed by atoms with van der Waals surface area (Å²) in [6.07, 6.45) is 1.23. The number of hydrogen-bond acceptors (Lipinski definition) is 7. The molecule has 1 heterocycles. The Balaban J connectivity index is 1.66. The van der Waals surface area contributed by atoms with Gasteiger partial charge < -0.3 is 8.92 Å². The Kier molecular flexibility index (Phi) is 7.02. The van der Waals surface area contributed by atoms with Gasteiger partial charge in [0.25, 0.3) is 11.8 Å². The topological polar surface area (TPSA) is 119 Å². The highest BCUT2D eigenvalue weighted by atomic mass is 35.5. The zero-order chi connectivity index (χ0) is 26.0. The van der Waals surface area contributed by atoms with Crippen molar-refractivity contribution in [2.45, 2.75) is 4.90 Å². The number of nitrogens with one attached hydrogen (secondary N) is 1. The number of benzene rings is 3. The zero-order valence-electron chi connectivity index (χ0n) is 18.4. The standard InChI is InChI=1S/C24H16Cl2N2O7S/c1-34-21-12-14(7-10-20(21)35-36(32,33)16-5-3-2-4-6-16)11-17-22(29)27-24(31)28(23(17)30)15-8-9-18(25)19(26)13-15/h2-13H,1H3,(H,27,29,31)/b17-11+. The monoisotopic (exact) mass is 546 g/mol. The van der Waals surface area contributed by atoms with Crippen LogP contribution in [0.4, 0.5) is 10.5 Å². The zero-order valence-corrected chi connectivity index (χ0v) is 20.7. The Morgan fingerprint density at radius 2 is 1.61 bits per heavy atom. The molecule has 1 fully saturated rings. The van der Waals surface area contributed by atoms with Gasteiger partial charge in [-0.25, -0.2) is 9.69 Å². The van der Waals surface area contributed by atoms with Crippen molar-refractivity contribution < 1.29 is 31.7 Å². The SMILES string of the molecule is COc1cc(/C=C2\C(=O)NC(=O)N(c3ccc(Cl)c(Cl)c3)C2=O)ccc1OS(=O)(=O)c1ccccc1. The molecule has 1 aliphatic heterocycles. The van der Waals surface area contributed by atoms with Crippen molar-refractivity contribution in [3.8, 4) is 11.5 Å². The van der Waals surface area contributed by atoms with Crippen LogP contribution >= 0.6 is 23.2 Å². The van der Waals surface area contributed by atoms with Crippen molar-refractivity contribution >= 4 is 62.9 Å². The molecule has 0 aliphatic carbocycles. The predicted octanol–water partition coefficient (Wildman–Crippen LogP) is 4.44. The normalized spacial score (nSPS) is 15.1. The molecule has 0 spiro atoms. The summed E-state index contributed by atoms with van der Waals surface area (Å²) in [5.41, 5.74) is 0.0595. The first-order valence-electron chi connectivity index (χ1n) is 10.1. The molecule has 9 nitrogen and oxygen atoms in total. The van der Waals surface area contributed by atoms with E-state index in [2.05, 4.69) is 5.32 Å². The number of imide groups is 2. The van der Waals surface area contributed by atoms with E-state index in [9.17, 15) is 22.8 Å². The highest BCUT2D eigenvalue weighted by Gasteiger charge is 2.37. The van der Waals surface area contributed by atoms with Gasteiger partial charge in [0.2, 0.25) is 0 Å². The number of barbiturate groups is 1. The molecule has 1 aliphatic rings. The van der Waals surface area contributed by atoms with Gasteiger partial charge in [0.15, 0.2) is 11.5 Å². The minimum Gasteiger partial charge on any atom is -0.493 e. The third-order valence-electron chi connectivity index (χ3n) is 4.99. The molecule has 12 heteroatoms. The molecule has 3 aromatic rings. The summed E-state index contributed by atoms with van der Waals surface area (Å²) in [6, 6.07) is 14.8. The van der Waals surface area contributed by atoms with Crippen LogP contribution < -0.4 is 19.1 Å². The summed E-state index contributed by atoms with van der Waals surface area (Å²) in [6.45, 7) is 0. The number of ether oxygens (including phenoxy) is 1. The average Bonchev–Trinajstić information content (AvgIpc) is 2.85. The van der Waals surface area contributed by atoms with Crippen LogP contribution in [-0.4, -0.2) is 33.4 Å². The first kappa shape index (κ1) is 25.2.